The van der Waals surface area contributed by atoms with Crippen molar-refractivity contribution >= 4 is 44.4 Å². The van der Waals surface area contributed by atoms with Gasteiger partial charge in [-0.25, -0.2) is 0 Å². The molecule has 0 amide bonds. The van der Waals surface area contributed by atoms with Gasteiger partial charge in [0.1, 0.15) is 6.04 Å². The van der Waals surface area contributed by atoms with E-state index in [1.54, 1.807) is 18.3 Å². The fourth-order valence-electron chi connectivity index (χ4n) is 1.74. The first-order chi connectivity index (χ1) is 7.99. The summed E-state index contributed by atoms with van der Waals surface area (Å²) in [7, 11) is 0. The minimum Gasteiger partial charge on any atom is -0.480 e. The smallest absolute Gasteiger partial charge is 0.320 e. The standard InChI is InChI=1S/C11H10BrClN2O2/c12-7-2-6(13)3-9-10(7)5(4-15-9)1-8(14)11(16)17/h2-4,8,15H,1,14H2,(H,16,17)/t8-/m0/s1. The number of carboxylic acids is 1. The minimum absolute atomic E-state index is 0.273. The van der Waals surface area contributed by atoms with Crippen LogP contribution in [0.5, 0.6) is 0 Å². The summed E-state index contributed by atoms with van der Waals surface area (Å²) >= 11 is 9.33. The number of hydrogen-bond acceptors (Lipinski definition) is 2. The van der Waals surface area contributed by atoms with Gasteiger partial charge in [-0.3, -0.25) is 4.79 Å². The Hall–Kier alpha value is -1.04. The highest BCUT2D eigenvalue weighted by Gasteiger charge is 2.16. The second kappa shape index (κ2) is 4.68. The second-order valence-corrected chi connectivity index (χ2v) is 5.06. The first-order valence-electron chi connectivity index (χ1n) is 4.92. The Bertz CT molecular complexity index is 582. The van der Waals surface area contributed by atoms with Gasteiger partial charge in [0.2, 0.25) is 0 Å². The Morgan fingerprint density at radius 2 is 2.29 bits per heavy atom. The van der Waals surface area contributed by atoms with Crippen LogP contribution in [0.4, 0.5) is 0 Å². The highest BCUT2D eigenvalue weighted by molar-refractivity contribution is 9.10. The van der Waals surface area contributed by atoms with E-state index in [0.717, 1.165) is 20.9 Å². The van der Waals surface area contributed by atoms with Crippen LogP contribution in [0.15, 0.2) is 22.8 Å². The molecular weight excluding hydrogens is 307 g/mol. The molecule has 4 nitrogen and oxygen atoms in total. The van der Waals surface area contributed by atoms with Crippen LogP contribution in [0.3, 0.4) is 0 Å². The summed E-state index contributed by atoms with van der Waals surface area (Å²) in [5, 5.41) is 10.3. The van der Waals surface area contributed by atoms with Crippen LogP contribution in [-0.2, 0) is 11.2 Å². The fraction of sp³-hybridized carbons (Fsp3) is 0.182. The van der Waals surface area contributed by atoms with Crippen LogP contribution < -0.4 is 5.73 Å². The molecule has 0 unspecified atom stereocenters. The highest BCUT2D eigenvalue weighted by Crippen LogP contribution is 2.31. The molecule has 0 aliphatic rings. The van der Waals surface area contributed by atoms with E-state index in [4.69, 9.17) is 22.4 Å². The Labute approximate surface area is 111 Å². The molecule has 0 saturated heterocycles. The molecule has 6 heteroatoms. The van der Waals surface area contributed by atoms with E-state index in [9.17, 15) is 4.79 Å². The lowest BCUT2D eigenvalue weighted by atomic mass is 10.1. The molecule has 0 bridgehead atoms. The number of halogens is 2. The van der Waals surface area contributed by atoms with Gasteiger partial charge in [0.15, 0.2) is 0 Å². The number of nitrogens with two attached hydrogens (primary N) is 1. The number of aromatic nitrogens is 1. The van der Waals surface area contributed by atoms with E-state index in [1.807, 2.05) is 0 Å². The Morgan fingerprint density at radius 3 is 2.94 bits per heavy atom. The van der Waals surface area contributed by atoms with E-state index < -0.39 is 12.0 Å². The molecule has 0 spiro atoms. The van der Waals surface area contributed by atoms with Gasteiger partial charge < -0.3 is 15.8 Å². The first kappa shape index (κ1) is 12.4. The molecule has 1 aromatic heterocycles. The monoisotopic (exact) mass is 316 g/mol. The van der Waals surface area contributed by atoms with E-state index in [0.29, 0.717) is 5.02 Å². The molecule has 0 fully saturated rings. The maximum atomic E-state index is 10.7. The number of benzene rings is 1. The van der Waals surface area contributed by atoms with Gasteiger partial charge in [0, 0.05) is 33.0 Å². The number of rotatable bonds is 3. The molecule has 90 valence electrons. The molecule has 0 aliphatic heterocycles. The summed E-state index contributed by atoms with van der Waals surface area (Å²) < 4.78 is 0.828. The van der Waals surface area contributed by atoms with Crippen LogP contribution in [0.1, 0.15) is 5.56 Å². The quantitative estimate of drug-likeness (QED) is 0.814. The molecule has 4 N–H and O–H groups in total. The molecule has 2 rings (SSSR count). The number of H-pyrrole nitrogens is 1. The summed E-state index contributed by atoms with van der Waals surface area (Å²) in [5.41, 5.74) is 7.24. The topological polar surface area (TPSA) is 79.1 Å². The molecule has 2 aromatic rings. The number of aliphatic carboxylic acids is 1. The molecule has 1 atom stereocenters. The summed E-state index contributed by atoms with van der Waals surface area (Å²) in [6, 6.07) is 2.65. The van der Waals surface area contributed by atoms with Gasteiger partial charge in [-0.15, -0.1) is 0 Å². The lowest BCUT2D eigenvalue weighted by molar-refractivity contribution is -0.138. The third kappa shape index (κ3) is 2.46. The number of carbonyl (C=O) groups is 1. The van der Waals surface area contributed by atoms with Crippen LogP contribution in [-0.4, -0.2) is 22.1 Å². The number of nitrogens with one attached hydrogen (secondary N) is 1. The van der Waals surface area contributed by atoms with Crippen molar-refractivity contribution in [1.29, 1.82) is 0 Å². The van der Waals surface area contributed by atoms with Crippen molar-refractivity contribution in [1.82, 2.24) is 4.98 Å². The summed E-state index contributed by atoms with van der Waals surface area (Å²) in [5.74, 6) is -1.01. The maximum Gasteiger partial charge on any atom is 0.320 e. The van der Waals surface area contributed by atoms with E-state index in [2.05, 4.69) is 20.9 Å². The maximum absolute atomic E-state index is 10.7. The Morgan fingerprint density at radius 1 is 1.59 bits per heavy atom. The lowest BCUT2D eigenvalue weighted by Crippen LogP contribution is -2.32. The van der Waals surface area contributed by atoms with Crippen molar-refractivity contribution in [3.63, 3.8) is 0 Å². The van der Waals surface area contributed by atoms with E-state index in [1.165, 1.54) is 0 Å². The first-order valence-corrected chi connectivity index (χ1v) is 6.09. The van der Waals surface area contributed by atoms with E-state index >= 15 is 0 Å². The van der Waals surface area contributed by atoms with Gasteiger partial charge in [-0.1, -0.05) is 27.5 Å². The van der Waals surface area contributed by atoms with Gasteiger partial charge in [-0.2, -0.15) is 0 Å². The van der Waals surface area contributed by atoms with Crippen LogP contribution in [0, 0.1) is 0 Å². The summed E-state index contributed by atoms with van der Waals surface area (Å²) in [6.07, 6.45) is 2.03. The molecule has 1 heterocycles. The molecule has 17 heavy (non-hydrogen) atoms. The zero-order valence-corrected chi connectivity index (χ0v) is 11.0. The lowest BCUT2D eigenvalue weighted by Gasteiger charge is -2.06. The van der Waals surface area contributed by atoms with Crippen LogP contribution >= 0.6 is 27.5 Å². The Kier molecular flexibility index (Phi) is 3.42. The van der Waals surface area contributed by atoms with Gasteiger partial charge >= 0.3 is 5.97 Å². The molecule has 0 saturated carbocycles. The number of aromatic amines is 1. The molecule has 0 radical (unpaired) electrons. The van der Waals surface area contributed by atoms with Crippen LogP contribution in [0.2, 0.25) is 5.02 Å². The van der Waals surface area contributed by atoms with Gasteiger partial charge in [0.25, 0.3) is 0 Å². The van der Waals surface area contributed by atoms with Crippen molar-refractivity contribution in [2.45, 2.75) is 12.5 Å². The average Bonchev–Trinajstić information content (AvgIpc) is 2.60. The highest BCUT2D eigenvalue weighted by atomic mass is 79.9. The third-order valence-electron chi connectivity index (χ3n) is 2.54. The van der Waals surface area contributed by atoms with Crippen molar-refractivity contribution in [3.05, 3.63) is 33.4 Å². The number of hydrogen-bond donors (Lipinski definition) is 3. The van der Waals surface area contributed by atoms with Gasteiger partial charge in [-0.05, 0) is 17.7 Å². The number of fused-ring (bicyclic) bond motifs is 1. The second-order valence-electron chi connectivity index (χ2n) is 3.77. The van der Waals surface area contributed by atoms with Crippen molar-refractivity contribution < 1.29 is 9.90 Å². The van der Waals surface area contributed by atoms with Crippen molar-refractivity contribution in [2.75, 3.05) is 0 Å². The molecule has 0 aliphatic carbocycles. The zero-order chi connectivity index (χ0) is 12.6. The predicted molar refractivity (Wildman–Crippen MR) is 70.3 cm³/mol. The van der Waals surface area contributed by atoms with Crippen molar-refractivity contribution in [2.24, 2.45) is 5.73 Å². The summed E-state index contributed by atoms with van der Waals surface area (Å²) in [4.78, 5) is 13.8. The predicted octanol–water partition coefficient (Wildman–Crippen LogP) is 2.54. The van der Waals surface area contributed by atoms with E-state index in [-0.39, 0.29) is 6.42 Å². The SMILES string of the molecule is N[C@@H](Cc1c[nH]c2cc(Cl)cc(Br)c12)C(=O)O. The largest absolute Gasteiger partial charge is 0.480 e. The average molecular weight is 318 g/mol. The normalized spacial score (nSPS) is 12.9. The number of carboxylic acid groups (broad SMARTS) is 1. The minimum atomic E-state index is -1.01. The molecule has 1 aromatic carbocycles. The zero-order valence-electron chi connectivity index (χ0n) is 8.71. The Balaban J connectivity index is 2.46. The van der Waals surface area contributed by atoms with Crippen LogP contribution in [0.25, 0.3) is 10.9 Å². The van der Waals surface area contributed by atoms with Gasteiger partial charge in [0.05, 0.1) is 0 Å². The molecular formula is C11H10BrClN2O2. The fourth-order valence-corrected chi connectivity index (χ4v) is 2.80. The summed E-state index contributed by atoms with van der Waals surface area (Å²) in [6.45, 7) is 0. The third-order valence-corrected chi connectivity index (χ3v) is 3.38. The van der Waals surface area contributed by atoms with Crippen molar-refractivity contribution in [3.8, 4) is 0 Å².